The largest absolute Gasteiger partial charge is 0.464 e. The van der Waals surface area contributed by atoms with Gasteiger partial charge < -0.3 is 4.74 Å². The van der Waals surface area contributed by atoms with Gasteiger partial charge in [0.05, 0.1) is 0 Å². The summed E-state index contributed by atoms with van der Waals surface area (Å²) in [7, 11) is 0. The molecule has 21 heavy (non-hydrogen) atoms. The van der Waals surface area contributed by atoms with Gasteiger partial charge in [-0.2, -0.15) is 0 Å². The SMILES string of the molecule is CCCCCCCCC=CCC(CCCCCC)OC=O. The molecule has 0 spiro atoms. The summed E-state index contributed by atoms with van der Waals surface area (Å²) in [6.45, 7) is 5.07. The van der Waals surface area contributed by atoms with Crippen molar-refractivity contribution in [1.82, 2.24) is 0 Å². The zero-order valence-electron chi connectivity index (χ0n) is 14.3. The minimum Gasteiger partial charge on any atom is -0.464 e. The number of hydrogen-bond acceptors (Lipinski definition) is 2. The molecule has 0 saturated heterocycles. The van der Waals surface area contributed by atoms with Crippen molar-refractivity contribution < 1.29 is 9.53 Å². The maximum Gasteiger partial charge on any atom is 0.293 e. The van der Waals surface area contributed by atoms with E-state index in [0.29, 0.717) is 6.47 Å². The van der Waals surface area contributed by atoms with Gasteiger partial charge in [-0.25, -0.2) is 0 Å². The molecule has 0 aliphatic heterocycles. The Labute approximate surface area is 132 Å². The predicted molar refractivity (Wildman–Crippen MR) is 91.4 cm³/mol. The van der Waals surface area contributed by atoms with E-state index in [9.17, 15) is 4.79 Å². The lowest BCUT2D eigenvalue weighted by Crippen LogP contribution is -2.10. The second-order valence-corrected chi connectivity index (χ2v) is 5.97. The number of rotatable bonds is 16. The number of ether oxygens (including phenoxy) is 1. The molecule has 0 N–H and O–H groups in total. The lowest BCUT2D eigenvalue weighted by molar-refractivity contribution is -0.133. The zero-order valence-corrected chi connectivity index (χ0v) is 14.3. The molecule has 0 aliphatic carbocycles. The van der Waals surface area contributed by atoms with Crippen LogP contribution in [0.4, 0.5) is 0 Å². The molecule has 0 aromatic rings. The molecule has 0 aromatic heterocycles. The fourth-order valence-corrected chi connectivity index (χ4v) is 2.53. The molecule has 0 radical (unpaired) electrons. The first kappa shape index (κ1) is 20.2. The van der Waals surface area contributed by atoms with Crippen LogP contribution in [-0.2, 0) is 9.53 Å². The molecule has 0 amide bonds. The highest BCUT2D eigenvalue weighted by molar-refractivity contribution is 5.37. The highest BCUT2D eigenvalue weighted by Crippen LogP contribution is 2.12. The van der Waals surface area contributed by atoms with Crippen molar-refractivity contribution in [3.63, 3.8) is 0 Å². The summed E-state index contributed by atoms with van der Waals surface area (Å²) in [4.78, 5) is 10.5. The third-order valence-corrected chi connectivity index (χ3v) is 3.92. The standard InChI is InChI=1S/C19H36O2/c1-3-5-7-9-10-11-12-13-15-17-19(21-18-20)16-14-8-6-4-2/h13,15,18-19H,3-12,14,16-17H2,1-2H3. The van der Waals surface area contributed by atoms with Crippen LogP contribution in [0.5, 0.6) is 0 Å². The van der Waals surface area contributed by atoms with Crippen LogP contribution in [0, 0.1) is 0 Å². The summed E-state index contributed by atoms with van der Waals surface area (Å²) >= 11 is 0. The number of allylic oxidation sites excluding steroid dienone is 1. The van der Waals surface area contributed by atoms with E-state index in [0.717, 1.165) is 25.7 Å². The van der Waals surface area contributed by atoms with Crippen LogP contribution in [0.3, 0.4) is 0 Å². The Hall–Kier alpha value is -0.790. The van der Waals surface area contributed by atoms with Gasteiger partial charge in [-0.15, -0.1) is 0 Å². The van der Waals surface area contributed by atoms with E-state index in [1.807, 2.05) is 0 Å². The Morgan fingerprint density at radius 1 is 0.810 bits per heavy atom. The number of carbonyl (C=O) groups is 1. The van der Waals surface area contributed by atoms with Crippen LogP contribution in [0.1, 0.15) is 97.3 Å². The van der Waals surface area contributed by atoms with Gasteiger partial charge in [0.2, 0.25) is 0 Å². The van der Waals surface area contributed by atoms with Gasteiger partial charge >= 0.3 is 0 Å². The zero-order chi connectivity index (χ0) is 15.6. The van der Waals surface area contributed by atoms with Crippen molar-refractivity contribution in [2.24, 2.45) is 0 Å². The lowest BCUT2D eigenvalue weighted by Gasteiger charge is -2.12. The Kier molecular flexibility index (Phi) is 16.6. The molecule has 1 unspecified atom stereocenters. The average Bonchev–Trinajstić information content (AvgIpc) is 2.49. The van der Waals surface area contributed by atoms with Crippen molar-refractivity contribution in [2.45, 2.75) is 103 Å². The van der Waals surface area contributed by atoms with Crippen molar-refractivity contribution >= 4 is 6.47 Å². The highest BCUT2D eigenvalue weighted by Gasteiger charge is 2.06. The second kappa shape index (κ2) is 17.3. The molecule has 0 aromatic carbocycles. The minimum atomic E-state index is 0.0835. The van der Waals surface area contributed by atoms with Crippen LogP contribution in [0.25, 0.3) is 0 Å². The summed E-state index contributed by atoms with van der Waals surface area (Å²) < 4.78 is 5.16. The van der Waals surface area contributed by atoms with E-state index in [-0.39, 0.29) is 6.10 Å². The Bertz CT molecular complexity index is 236. The van der Waals surface area contributed by atoms with E-state index in [1.54, 1.807) is 0 Å². The van der Waals surface area contributed by atoms with E-state index in [4.69, 9.17) is 4.74 Å². The van der Waals surface area contributed by atoms with Gasteiger partial charge in [-0.3, -0.25) is 4.79 Å². The van der Waals surface area contributed by atoms with E-state index in [2.05, 4.69) is 26.0 Å². The minimum absolute atomic E-state index is 0.0835. The van der Waals surface area contributed by atoms with Crippen LogP contribution < -0.4 is 0 Å². The fourth-order valence-electron chi connectivity index (χ4n) is 2.53. The van der Waals surface area contributed by atoms with Gasteiger partial charge in [0, 0.05) is 6.42 Å². The predicted octanol–water partition coefficient (Wildman–Crippen LogP) is 6.20. The first-order valence-corrected chi connectivity index (χ1v) is 9.09. The molecule has 2 nitrogen and oxygen atoms in total. The maximum atomic E-state index is 10.5. The van der Waals surface area contributed by atoms with Gasteiger partial charge in [0.15, 0.2) is 0 Å². The Morgan fingerprint density at radius 3 is 2.10 bits per heavy atom. The number of hydrogen-bond donors (Lipinski definition) is 0. The Morgan fingerprint density at radius 2 is 1.43 bits per heavy atom. The maximum absolute atomic E-state index is 10.5. The van der Waals surface area contributed by atoms with E-state index >= 15 is 0 Å². The second-order valence-electron chi connectivity index (χ2n) is 5.97. The van der Waals surface area contributed by atoms with Gasteiger partial charge in [0.1, 0.15) is 6.10 Å². The van der Waals surface area contributed by atoms with Crippen molar-refractivity contribution in [1.29, 1.82) is 0 Å². The molecule has 0 heterocycles. The summed E-state index contributed by atoms with van der Waals surface area (Å²) in [6.07, 6.45) is 20.6. The summed E-state index contributed by atoms with van der Waals surface area (Å²) in [6, 6.07) is 0. The number of carbonyl (C=O) groups excluding carboxylic acids is 1. The van der Waals surface area contributed by atoms with Crippen molar-refractivity contribution in [2.75, 3.05) is 0 Å². The Balaban J connectivity index is 3.56. The molecular weight excluding hydrogens is 260 g/mol. The molecule has 0 saturated carbocycles. The first-order valence-electron chi connectivity index (χ1n) is 9.09. The quantitative estimate of drug-likeness (QED) is 0.193. The van der Waals surface area contributed by atoms with Crippen LogP contribution in [0.15, 0.2) is 12.2 Å². The third kappa shape index (κ3) is 15.4. The topological polar surface area (TPSA) is 26.3 Å². The average molecular weight is 296 g/mol. The summed E-state index contributed by atoms with van der Waals surface area (Å²) in [5, 5.41) is 0. The molecule has 2 heteroatoms. The molecule has 124 valence electrons. The molecule has 0 rings (SSSR count). The van der Waals surface area contributed by atoms with Crippen LogP contribution in [0.2, 0.25) is 0 Å². The lowest BCUT2D eigenvalue weighted by atomic mass is 10.1. The van der Waals surface area contributed by atoms with Crippen LogP contribution in [-0.4, -0.2) is 12.6 Å². The molecule has 0 fully saturated rings. The van der Waals surface area contributed by atoms with E-state index in [1.165, 1.54) is 57.8 Å². The third-order valence-electron chi connectivity index (χ3n) is 3.92. The van der Waals surface area contributed by atoms with Gasteiger partial charge in [-0.05, 0) is 25.7 Å². The fraction of sp³-hybridized carbons (Fsp3) is 0.842. The van der Waals surface area contributed by atoms with Crippen molar-refractivity contribution in [3.05, 3.63) is 12.2 Å². The highest BCUT2D eigenvalue weighted by atomic mass is 16.5. The monoisotopic (exact) mass is 296 g/mol. The molecule has 0 bridgehead atoms. The summed E-state index contributed by atoms with van der Waals surface area (Å²) in [5.74, 6) is 0. The molecular formula is C19H36O2. The van der Waals surface area contributed by atoms with Gasteiger partial charge in [-0.1, -0.05) is 77.4 Å². The smallest absolute Gasteiger partial charge is 0.293 e. The van der Waals surface area contributed by atoms with Crippen LogP contribution >= 0.6 is 0 Å². The normalized spacial score (nSPS) is 12.7. The van der Waals surface area contributed by atoms with Crippen molar-refractivity contribution in [3.8, 4) is 0 Å². The number of unbranched alkanes of at least 4 members (excludes halogenated alkanes) is 9. The molecule has 1 atom stereocenters. The molecule has 0 aliphatic rings. The first-order chi connectivity index (χ1) is 10.3. The summed E-state index contributed by atoms with van der Waals surface area (Å²) in [5.41, 5.74) is 0. The van der Waals surface area contributed by atoms with Gasteiger partial charge in [0.25, 0.3) is 6.47 Å². The van der Waals surface area contributed by atoms with E-state index < -0.39 is 0 Å².